The lowest BCUT2D eigenvalue weighted by Gasteiger charge is -2.15. The number of nitrogens with zero attached hydrogens (tertiary/aromatic N) is 1. The summed E-state index contributed by atoms with van der Waals surface area (Å²) in [6.45, 7) is 0.479. The van der Waals surface area contributed by atoms with Crippen molar-refractivity contribution >= 4 is 17.5 Å². The minimum atomic E-state index is -0.232. The monoisotopic (exact) mass is 229 g/mol. The summed E-state index contributed by atoms with van der Waals surface area (Å²) in [5, 5.41) is 0. The Kier molecular flexibility index (Phi) is 4.56. The van der Waals surface area contributed by atoms with Crippen molar-refractivity contribution in [1.82, 2.24) is 4.90 Å². The molecule has 4 heteroatoms. The Bertz CT molecular complexity index is 343. The fraction of sp³-hybridized carbons (Fsp3) is 0.364. The largest absolute Gasteiger partial charge is 0.344 e. The van der Waals surface area contributed by atoms with Gasteiger partial charge in [0.25, 0.3) is 0 Å². The fourth-order valence-electron chi connectivity index (χ4n) is 1.22. The van der Waals surface area contributed by atoms with Gasteiger partial charge in [-0.2, -0.15) is 0 Å². The van der Waals surface area contributed by atoms with Crippen LogP contribution in [0, 0.1) is 5.82 Å². The van der Waals surface area contributed by atoms with Crippen LogP contribution in [0.3, 0.4) is 0 Å². The first kappa shape index (κ1) is 12.0. The maximum atomic E-state index is 13.2. The fourth-order valence-corrected chi connectivity index (χ4v) is 1.42. The van der Waals surface area contributed by atoms with Crippen molar-refractivity contribution in [2.75, 3.05) is 19.5 Å². The number of carbonyl (C=O) groups excluding carboxylic acids is 1. The van der Waals surface area contributed by atoms with E-state index in [0.717, 1.165) is 0 Å². The second-order valence-corrected chi connectivity index (χ2v) is 3.56. The van der Waals surface area contributed by atoms with Crippen molar-refractivity contribution in [3.8, 4) is 0 Å². The highest BCUT2D eigenvalue weighted by atomic mass is 35.5. The van der Waals surface area contributed by atoms with E-state index < -0.39 is 0 Å². The molecule has 0 aliphatic heterocycles. The molecule has 0 unspecified atom stereocenters. The number of rotatable bonds is 4. The molecule has 0 saturated carbocycles. The smallest absolute Gasteiger partial charge is 0.237 e. The van der Waals surface area contributed by atoms with Crippen molar-refractivity contribution in [3.05, 3.63) is 35.6 Å². The molecule has 0 bridgehead atoms. The summed E-state index contributed by atoms with van der Waals surface area (Å²) in [6, 6.07) is 6.56. The van der Waals surface area contributed by atoms with E-state index in [0.29, 0.717) is 18.5 Å². The molecule has 15 heavy (non-hydrogen) atoms. The zero-order valence-electron chi connectivity index (χ0n) is 8.54. The normalized spacial score (nSPS) is 10.1. The van der Waals surface area contributed by atoms with E-state index in [1.165, 1.54) is 11.0 Å². The van der Waals surface area contributed by atoms with Gasteiger partial charge >= 0.3 is 0 Å². The van der Waals surface area contributed by atoms with E-state index in [4.69, 9.17) is 11.6 Å². The molecule has 0 radical (unpaired) electrons. The third kappa shape index (κ3) is 3.51. The Balaban J connectivity index is 2.50. The maximum Gasteiger partial charge on any atom is 0.237 e. The van der Waals surface area contributed by atoms with E-state index in [2.05, 4.69) is 0 Å². The molecule has 0 aliphatic rings. The first-order valence-electron chi connectivity index (χ1n) is 4.68. The molecule has 0 aromatic heterocycles. The Morgan fingerprint density at radius 1 is 1.47 bits per heavy atom. The molecule has 0 heterocycles. The van der Waals surface area contributed by atoms with Crippen LogP contribution in [-0.4, -0.2) is 30.3 Å². The van der Waals surface area contributed by atoms with Gasteiger partial charge in [0.15, 0.2) is 0 Å². The van der Waals surface area contributed by atoms with Crippen molar-refractivity contribution < 1.29 is 9.18 Å². The molecule has 1 amide bonds. The van der Waals surface area contributed by atoms with E-state index in [1.807, 2.05) is 0 Å². The van der Waals surface area contributed by atoms with Crippen LogP contribution in [0.15, 0.2) is 24.3 Å². The summed E-state index contributed by atoms with van der Waals surface area (Å²) in [5.41, 5.74) is 0.617. The van der Waals surface area contributed by atoms with Crippen molar-refractivity contribution in [3.63, 3.8) is 0 Å². The minimum Gasteiger partial charge on any atom is -0.344 e. The van der Waals surface area contributed by atoms with Crippen molar-refractivity contribution in [1.29, 1.82) is 0 Å². The topological polar surface area (TPSA) is 20.3 Å². The number of alkyl halides is 1. The van der Waals surface area contributed by atoms with E-state index in [9.17, 15) is 9.18 Å². The Hall–Kier alpha value is -1.09. The average molecular weight is 230 g/mol. The first-order chi connectivity index (χ1) is 7.15. The number of likely N-dealkylation sites (N-methyl/N-ethyl adjacent to an activating group) is 1. The molecule has 82 valence electrons. The maximum absolute atomic E-state index is 13.2. The van der Waals surface area contributed by atoms with Gasteiger partial charge in [-0.05, 0) is 18.1 Å². The summed E-state index contributed by atoms with van der Waals surface area (Å²) >= 11 is 5.39. The van der Waals surface area contributed by atoms with Crippen molar-refractivity contribution in [2.24, 2.45) is 0 Å². The number of benzene rings is 1. The predicted octanol–water partition coefficient (Wildman–Crippen LogP) is 2.07. The quantitative estimate of drug-likeness (QED) is 0.724. The lowest BCUT2D eigenvalue weighted by molar-refractivity contribution is -0.127. The molecule has 0 aliphatic carbocycles. The second-order valence-electron chi connectivity index (χ2n) is 3.29. The van der Waals surface area contributed by atoms with E-state index in [-0.39, 0.29) is 17.6 Å². The van der Waals surface area contributed by atoms with Gasteiger partial charge in [-0.1, -0.05) is 18.2 Å². The van der Waals surface area contributed by atoms with Crippen LogP contribution in [-0.2, 0) is 11.2 Å². The highest BCUT2D eigenvalue weighted by molar-refractivity contribution is 6.27. The van der Waals surface area contributed by atoms with Gasteiger partial charge in [0.05, 0.1) is 0 Å². The van der Waals surface area contributed by atoms with Crippen LogP contribution in [0.2, 0.25) is 0 Å². The van der Waals surface area contributed by atoms with Gasteiger partial charge in [0, 0.05) is 13.6 Å². The number of hydrogen-bond acceptors (Lipinski definition) is 1. The van der Waals surface area contributed by atoms with Crippen LogP contribution >= 0.6 is 11.6 Å². The lowest BCUT2D eigenvalue weighted by Crippen LogP contribution is -2.29. The second kappa shape index (κ2) is 5.71. The Morgan fingerprint density at radius 3 is 2.73 bits per heavy atom. The molecule has 1 aromatic rings. The van der Waals surface area contributed by atoms with Crippen LogP contribution in [0.1, 0.15) is 5.56 Å². The zero-order valence-corrected chi connectivity index (χ0v) is 9.30. The third-order valence-corrected chi connectivity index (χ3v) is 2.44. The molecular formula is C11H13ClFNO. The summed E-state index contributed by atoms with van der Waals surface area (Å²) in [6.07, 6.45) is 0.506. The molecule has 0 atom stereocenters. The molecule has 2 nitrogen and oxygen atoms in total. The minimum absolute atomic E-state index is 0.0340. The number of carbonyl (C=O) groups is 1. The van der Waals surface area contributed by atoms with E-state index >= 15 is 0 Å². The van der Waals surface area contributed by atoms with Crippen molar-refractivity contribution in [2.45, 2.75) is 6.42 Å². The van der Waals surface area contributed by atoms with Gasteiger partial charge in [0.2, 0.25) is 5.91 Å². The lowest BCUT2D eigenvalue weighted by atomic mass is 10.1. The van der Waals surface area contributed by atoms with Gasteiger partial charge in [-0.3, -0.25) is 4.79 Å². The van der Waals surface area contributed by atoms with Gasteiger partial charge in [-0.15, -0.1) is 11.6 Å². The Labute approximate surface area is 93.6 Å². The summed E-state index contributed by atoms with van der Waals surface area (Å²) in [7, 11) is 1.66. The first-order valence-corrected chi connectivity index (χ1v) is 5.22. The average Bonchev–Trinajstić information content (AvgIpc) is 2.26. The van der Waals surface area contributed by atoms with Gasteiger partial charge in [-0.25, -0.2) is 4.39 Å². The van der Waals surface area contributed by atoms with Crippen LogP contribution in [0.25, 0.3) is 0 Å². The summed E-state index contributed by atoms with van der Waals surface area (Å²) in [4.78, 5) is 12.6. The standard InChI is InChI=1S/C11H13ClFNO/c1-14(11(15)8-12)7-6-9-4-2-3-5-10(9)13/h2-5H,6-8H2,1H3. The highest BCUT2D eigenvalue weighted by Crippen LogP contribution is 2.07. The molecule has 0 spiro atoms. The van der Waals surface area contributed by atoms with Gasteiger partial charge < -0.3 is 4.90 Å². The zero-order chi connectivity index (χ0) is 11.3. The number of amides is 1. The number of halogens is 2. The number of hydrogen-bond donors (Lipinski definition) is 0. The Morgan fingerprint density at radius 2 is 2.13 bits per heavy atom. The summed E-state index contributed by atoms with van der Waals surface area (Å²) < 4.78 is 13.2. The molecular weight excluding hydrogens is 217 g/mol. The van der Waals surface area contributed by atoms with Crippen LogP contribution < -0.4 is 0 Å². The highest BCUT2D eigenvalue weighted by Gasteiger charge is 2.07. The van der Waals surface area contributed by atoms with Crippen LogP contribution in [0.5, 0.6) is 0 Å². The summed E-state index contributed by atoms with van der Waals surface area (Å²) in [5.74, 6) is -0.412. The van der Waals surface area contributed by atoms with E-state index in [1.54, 1.807) is 25.2 Å². The van der Waals surface area contributed by atoms with Crippen LogP contribution in [0.4, 0.5) is 4.39 Å². The SMILES string of the molecule is CN(CCc1ccccc1F)C(=O)CCl. The molecule has 1 rings (SSSR count). The molecule has 0 saturated heterocycles. The molecule has 0 fully saturated rings. The predicted molar refractivity (Wildman–Crippen MR) is 58.5 cm³/mol. The van der Waals surface area contributed by atoms with Gasteiger partial charge in [0.1, 0.15) is 11.7 Å². The third-order valence-electron chi connectivity index (χ3n) is 2.21. The molecule has 0 N–H and O–H groups in total. The molecule has 1 aromatic carbocycles.